The average molecular weight is 365 g/mol. The van der Waals surface area contributed by atoms with Crippen molar-refractivity contribution in [1.29, 1.82) is 0 Å². The number of rotatable bonds is 4. The molecule has 3 fully saturated rings. The Morgan fingerprint density at radius 2 is 1.81 bits per heavy atom. The van der Waals surface area contributed by atoms with Crippen molar-refractivity contribution in [3.63, 3.8) is 0 Å². The minimum absolute atomic E-state index is 0.546. The highest BCUT2D eigenvalue weighted by atomic mass is 15.2. The molecular weight excluding hydrogens is 332 g/mol. The number of anilines is 1. The normalized spacial score (nSPS) is 27.7. The summed E-state index contributed by atoms with van der Waals surface area (Å²) in [6, 6.07) is 7.91. The zero-order valence-electron chi connectivity index (χ0n) is 16.6. The molecule has 2 heterocycles. The van der Waals surface area contributed by atoms with Crippen molar-refractivity contribution in [2.45, 2.75) is 76.8 Å². The fourth-order valence-corrected chi connectivity index (χ4v) is 5.26. The van der Waals surface area contributed by atoms with E-state index in [9.17, 15) is 0 Å². The summed E-state index contributed by atoms with van der Waals surface area (Å²) in [6.45, 7) is 4.89. The van der Waals surface area contributed by atoms with Gasteiger partial charge in [0.05, 0.1) is 5.52 Å². The van der Waals surface area contributed by atoms with Gasteiger partial charge in [0.25, 0.3) is 0 Å². The lowest BCUT2D eigenvalue weighted by Gasteiger charge is -2.41. The fourth-order valence-electron chi connectivity index (χ4n) is 5.26. The summed E-state index contributed by atoms with van der Waals surface area (Å²) in [5.41, 5.74) is 3.18. The van der Waals surface area contributed by atoms with E-state index in [4.69, 9.17) is 0 Å². The molecule has 2 saturated carbocycles. The van der Waals surface area contributed by atoms with Gasteiger partial charge < -0.3 is 10.2 Å². The number of nitrogens with zero attached hydrogens (tertiary/aromatic N) is 3. The van der Waals surface area contributed by atoms with Crippen molar-refractivity contribution in [2.75, 3.05) is 18.4 Å². The van der Waals surface area contributed by atoms with E-state index in [0.29, 0.717) is 6.04 Å². The van der Waals surface area contributed by atoms with Gasteiger partial charge in [0.15, 0.2) is 0 Å². The molecule has 0 bridgehead atoms. The van der Waals surface area contributed by atoms with E-state index in [1.807, 2.05) is 0 Å². The second-order valence-electron chi connectivity index (χ2n) is 9.11. The Hall–Kier alpha value is -1.68. The number of fused-ring (bicyclic) bond motifs is 1. The molecule has 27 heavy (non-hydrogen) atoms. The molecule has 5 rings (SSSR count). The number of nitrogens with one attached hydrogen (secondary N) is 1. The third kappa shape index (κ3) is 3.56. The first-order valence-electron chi connectivity index (χ1n) is 11.0. The Labute approximate surface area is 162 Å². The van der Waals surface area contributed by atoms with Crippen LogP contribution in [0.15, 0.2) is 24.5 Å². The first-order valence-corrected chi connectivity index (χ1v) is 11.0. The topological polar surface area (TPSA) is 41.1 Å². The minimum atomic E-state index is 0.546. The highest BCUT2D eigenvalue weighted by molar-refractivity contribution is 5.89. The quantitative estimate of drug-likeness (QED) is 0.847. The van der Waals surface area contributed by atoms with Crippen molar-refractivity contribution >= 4 is 16.7 Å². The maximum absolute atomic E-state index is 4.58. The lowest BCUT2D eigenvalue weighted by atomic mass is 9.86. The maximum Gasteiger partial charge on any atom is 0.137 e. The van der Waals surface area contributed by atoms with E-state index in [-0.39, 0.29) is 0 Å². The molecule has 2 aliphatic carbocycles. The third-order valence-corrected chi connectivity index (χ3v) is 7.48. The van der Waals surface area contributed by atoms with E-state index < -0.39 is 0 Å². The smallest absolute Gasteiger partial charge is 0.137 e. The Morgan fingerprint density at radius 1 is 1.04 bits per heavy atom. The molecule has 0 unspecified atom stereocenters. The SMILES string of the molecule is CCc1ccc2ncnc(N[C@H]3CC[C@H](N4CCC5(CC4)CC5)CC3)c2c1. The number of benzene rings is 1. The molecule has 1 spiro atoms. The van der Waals surface area contributed by atoms with Crippen LogP contribution in [-0.2, 0) is 6.42 Å². The summed E-state index contributed by atoms with van der Waals surface area (Å²) >= 11 is 0. The molecule has 4 heteroatoms. The van der Waals surface area contributed by atoms with Gasteiger partial charge in [-0.3, -0.25) is 0 Å². The highest BCUT2D eigenvalue weighted by Crippen LogP contribution is 2.54. The van der Waals surface area contributed by atoms with Gasteiger partial charge in [-0.05, 0) is 94.0 Å². The minimum Gasteiger partial charge on any atom is -0.367 e. The van der Waals surface area contributed by atoms with Crippen molar-refractivity contribution in [1.82, 2.24) is 14.9 Å². The molecule has 1 aromatic heterocycles. The summed E-state index contributed by atoms with van der Waals surface area (Å²) in [4.78, 5) is 11.8. The molecule has 2 aromatic rings. The summed E-state index contributed by atoms with van der Waals surface area (Å²) in [6.07, 6.45) is 13.8. The molecule has 1 aromatic carbocycles. The van der Waals surface area contributed by atoms with Crippen LogP contribution in [0.3, 0.4) is 0 Å². The molecule has 1 aliphatic heterocycles. The van der Waals surface area contributed by atoms with E-state index in [0.717, 1.165) is 29.2 Å². The average Bonchev–Trinajstić information content (AvgIpc) is 3.48. The summed E-state index contributed by atoms with van der Waals surface area (Å²) in [5.74, 6) is 1.02. The van der Waals surface area contributed by atoms with Crippen molar-refractivity contribution < 1.29 is 0 Å². The fraction of sp³-hybridized carbons (Fsp3) is 0.652. The van der Waals surface area contributed by atoms with Crippen LogP contribution < -0.4 is 5.32 Å². The molecule has 4 nitrogen and oxygen atoms in total. The second-order valence-corrected chi connectivity index (χ2v) is 9.11. The predicted molar refractivity (Wildman–Crippen MR) is 111 cm³/mol. The van der Waals surface area contributed by atoms with Gasteiger partial charge >= 0.3 is 0 Å². The molecule has 1 saturated heterocycles. The molecular formula is C23H32N4. The molecule has 1 N–H and O–H groups in total. The van der Waals surface area contributed by atoms with Crippen molar-refractivity contribution in [3.05, 3.63) is 30.1 Å². The molecule has 144 valence electrons. The van der Waals surface area contributed by atoms with Crippen LogP contribution in [0, 0.1) is 5.41 Å². The number of piperidine rings is 1. The summed E-state index contributed by atoms with van der Waals surface area (Å²) < 4.78 is 0. The van der Waals surface area contributed by atoms with Crippen molar-refractivity contribution in [3.8, 4) is 0 Å². The first-order chi connectivity index (χ1) is 13.2. The van der Waals surface area contributed by atoms with Gasteiger partial charge in [-0.2, -0.15) is 0 Å². The number of aryl methyl sites for hydroxylation is 1. The van der Waals surface area contributed by atoms with Crippen LogP contribution in [0.5, 0.6) is 0 Å². The standard InChI is InChI=1S/C23H32N4/c1-2-17-3-8-21-20(15-17)22(25-16-24-21)26-18-4-6-19(7-5-18)27-13-11-23(9-10-23)12-14-27/h3,8,15-16,18-19H,2,4-7,9-14H2,1H3,(H,24,25,26)/t18-,19-. The lowest BCUT2D eigenvalue weighted by Crippen LogP contribution is -2.45. The van der Waals surface area contributed by atoms with Crippen LogP contribution in [0.1, 0.15) is 63.9 Å². The summed E-state index contributed by atoms with van der Waals surface area (Å²) in [7, 11) is 0. The molecule has 0 amide bonds. The zero-order chi connectivity index (χ0) is 18.3. The van der Waals surface area contributed by atoms with Gasteiger partial charge in [-0.15, -0.1) is 0 Å². The number of hydrogen-bond donors (Lipinski definition) is 1. The van der Waals surface area contributed by atoms with Crippen LogP contribution >= 0.6 is 0 Å². The predicted octanol–water partition coefficient (Wildman–Crippen LogP) is 4.79. The van der Waals surface area contributed by atoms with Gasteiger partial charge in [0, 0.05) is 17.5 Å². The molecule has 3 aliphatic rings. The van der Waals surface area contributed by atoms with Crippen LogP contribution in [0.25, 0.3) is 10.9 Å². The van der Waals surface area contributed by atoms with Gasteiger partial charge in [-0.1, -0.05) is 13.0 Å². The van der Waals surface area contributed by atoms with Gasteiger partial charge in [0.1, 0.15) is 12.1 Å². The van der Waals surface area contributed by atoms with Crippen LogP contribution in [0.4, 0.5) is 5.82 Å². The monoisotopic (exact) mass is 364 g/mol. The maximum atomic E-state index is 4.58. The summed E-state index contributed by atoms with van der Waals surface area (Å²) in [5, 5.41) is 4.92. The Kier molecular flexibility index (Phi) is 4.55. The lowest BCUT2D eigenvalue weighted by molar-refractivity contribution is 0.0975. The Morgan fingerprint density at radius 3 is 2.52 bits per heavy atom. The van der Waals surface area contributed by atoms with E-state index in [2.05, 4.69) is 45.3 Å². The highest BCUT2D eigenvalue weighted by Gasteiger charge is 2.45. The number of hydrogen-bond acceptors (Lipinski definition) is 4. The van der Waals surface area contributed by atoms with Gasteiger partial charge in [0.2, 0.25) is 0 Å². The van der Waals surface area contributed by atoms with Crippen LogP contribution in [0.2, 0.25) is 0 Å². The largest absolute Gasteiger partial charge is 0.367 e. The van der Waals surface area contributed by atoms with Gasteiger partial charge in [-0.25, -0.2) is 9.97 Å². The van der Waals surface area contributed by atoms with Crippen molar-refractivity contribution in [2.24, 2.45) is 5.41 Å². The van der Waals surface area contributed by atoms with E-state index in [1.165, 1.54) is 75.4 Å². The van der Waals surface area contributed by atoms with E-state index >= 15 is 0 Å². The van der Waals surface area contributed by atoms with Crippen LogP contribution in [-0.4, -0.2) is 40.0 Å². The van der Waals surface area contributed by atoms with E-state index in [1.54, 1.807) is 6.33 Å². The second kappa shape index (κ2) is 7.05. The molecule has 0 atom stereocenters. The Bertz CT molecular complexity index is 795. The first kappa shape index (κ1) is 17.4. The number of likely N-dealkylation sites (tertiary alicyclic amines) is 1. The number of aromatic nitrogens is 2. The zero-order valence-corrected chi connectivity index (χ0v) is 16.6. The molecule has 0 radical (unpaired) electrons. The Balaban J connectivity index is 1.21. The third-order valence-electron chi connectivity index (χ3n) is 7.48.